The van der Waals surface area contributed by atoms with Crippen molar-refractivity contribution in [2.24, 2.45) is 5.92 Å². The van der Waals surface area contributed by atoms with Gasteiger partial charge < -0.3 is 5.11 Å². The second kappa shape index (κ2) is 6.32. The first-order chi connectivity index (χ1) is 7.91. The molecule has 0 bridgehead atoms. The van der Waals surface area contributed by atoms with E-state index in [1.165, 1.54) is 16.7 Å². The van der Waals surface area contributed by atoms with E-state index >= 15 is 0 Å². The minimum absolute atomic E-state index is 0.0683. The summed E-state index contributed by atoms with van der Waals surface area (Å²) in [6, 6.07) is -0.642. The van der Waals surface area contributed by atoms with Crippen molar-refractivity contribution in [2.75, 3.05) is 12.4 Å². The Kier molecular flexibility index (Phi) is 5.35. The maximum Gasteiger partial charge on any atom is 0.320 e. The molecule has 1 atom stereocenters. The third-order valence-electron chi connectivity index (χ3n) is 2.34. The minimum Gasteiger partial charge on any atom is -0.480 e. The standard InChI is InChI=1S/C10H16N2O3S2/c1-6(2)3-7(9(14)15)11-5-12-8(13)4-17-10(12)16/h6-7,11H,3-5H2,1-2H3,(H,14,15). The van der Waals surface area contributed by atoms with E-state index in [2.05, 4.69) is 5.32 Å². The number of amides is 1. The smallest absolute Gasteiger partial charge is 0.320 e. The van der Waals surface area contributed by atoms with Gasteiger partial charge in [-0.15, -0.1) is 0 Å². The highest BCUT2D eigenvalue weighted by molar-refractivity contribution is 8.23. The Labute approximate surface area is 110 Å². The zero-order valence-electron chi connectivity index (χ0n) is 9.80. The van der Waals surface area contributed by atoms with Gasteiger partial charge in [0.05, 0.1) is 12.4 Å². The Morgan fingerprint density at radius 3 is 2.71 bits per heavy atom. The molecule has 1 unspecified atom stereocenters. The van der Waals surface area contributed by atoms with E-state index in [9.17, 15) is 9.59 Å². The SMILES string of the molecule is CC(C)CC(NCN1C(=O)CSC1=S)C(=O)O. The highest BCUT2D eigenvalue weighted by Gasteiger charge is 2.28. The Balaban J connectivity index is 2.49. The molecule has 0 aliphatic carbocycles. The van der Waals surface area contributed by atoms with Crippen LogP contribution in [0.4, 0.5) is 0 Å². The number of nitrogens with zero attached hydrogens (tertiary/aromatic N) is 1. The van der Waals surface area contributed by atoms with E-state index in [1.54, 1.807) is 0 Å². The number of thiocarbonyl (C=S) groups is 1. The van der Waals surface area contributed by atoms with E-state index in [0.717, 1.165) is 0 Å². The van der Waals surface area contributed by atoms with Crippen LogP contribution in [0.3, 0.4) is 0 Å². The maximum atomic E-state index is 11.4. The van der Waals surface area contributed by atoms with Gasteiger partial charge in [0.15, 0.2) is 0 Å². The van der Waals surface area contributed by atoms with Crippen molar-refractivity contribution in [2.45, 2.75) is 26.3 Å². The predicted octanol–water partition coefficient (Wildman–Crippen LogP) is 0.893. The molecule has 0 aromatic carbocycles. The number of carbonyl (C=O) groups excluding carboxylic acids is 1. The number of thioether (sulfide) groups is 1. The van der Waals surface area contributed by atoms with Crippen molar-refractivity contribution >= 4 is 40.2 Å². The van der Waals surface area contributed by atoms with Gasteiger partial charge in [0.2, 0.25) is 5.91 Å². The van der Waals surface area contributed by atoms with Gasteiger partial charge in [0.25, 0.3) is 0 Å². The topological polar surface area (TPSA) is 69.6 Å². The van der Waals surface area contributed by atoms with E-state index in [4.69, 9.17) is 17.3 Å². The Morgan fingerprint density at radius 2 is 2.29 bits per heavy atom. The van der Waals surface area contributed by atoms with Gasteiger partial charge in [-0.05, 0) is 12.3 Å². The quantitative estimate of drug-likeness (QED) is 0.702. The molecule has 1 saturated heterocycles. The van der Waals surface area contributed by atoms with Gasteiger partial charge in [-0.3, -0.25) is 19.8 Å². The number of hydrogen-bond donors (Lipinski definition) is 2. The van der Waals surface area contributed by atoms with Crippen LogP contribution in [0.15, 0.2) is 0 Å². The molecule has 0 radical (unpaired) electrons. The van der Waals surface area contributed by atoms with Crippen molar-refractivity contribution in [1.29, 1.82) is 0 Å². The molecule has 0 saturated carbocycles. The molecule has 7 heteroatoms. The van der Waals surface area contributed by atoms with Gasteiger partial charge in [0, 0.05) is 0 Å². The third-order valence-corrected chi connectivity index (χ3v) is 3.77. The molecule has 17 heavy (non-hydrogen) atoms. The lowest BCUT2D eigenvalue weighted by atomic mass is 10.0. The molecule has 1 aliphatic rings. The molecule has 1 aliphatic heterocycles. The molecular formula is C10H16N2O3S2. The highest BCUT2D eigenvalue weighted by atomic mass is 32.2. The lowest BCUT2D eigenvalue weighted by molar-refractivity contribution is -0.140. The average Bonchev–Trinajstić information content (AvgIpc) is 2.53. The summed E-state index contributed by atoms with van der Waals surface area (Å²) in [6.07, 6.45) is 0.525. The minimum atomic E-state index is -0.899. The molecular weight excluding hydrogens is 260 g/mol. The van der Waals surface area contributed by atoms with Crippen molar-refractivity contribution < 1.29 is 14.7 Å². The average molecular weight is 276 g/mol. The molecule has 1 heterocycles. The van der Waals surface area contributed by atoms with Gasteiger partial charge in [-0.2, -0.15) is 0 Å². The fourth-order valence-electron chi connectivity index (χ4n) is 1.48. The normalized spacial score (nSPS) is 17.9. The number of carbonyl (C=O) groups is 2. The van der Waals surface area contributed by atoms with Gasteiger partial charge in [-0.1, -0.05) is 37.8 Å². The molecule has 2 N–H and O–H groups in total. The van der Waals surface area contributed by atoms with E-state index < -0.39 is 12.0 Å². The van der Waals surface area contributed by atoms with Crippen LogP contribution in [0.1, 0.15) is 20.3 Å². The van der Waals surface area contributed by atoms with Crippen molar-refractivity contribution in [3.8, 4) is 0 Å². The van der Waals surface area contributed by atoms with Crippen LogP contribution in [0.5, 0.6) is 0 Å². The predicted molar refractivity (Wildman–Crippen MR) is 70.8 cm³/mol. The van der Waals surface area contributed by atoms with Crippen LogP contribution in [0, 0.1) is 5.92 Å². The Morgan fingerprint density at radius 1 is 1.65 bits per heavy atom. The lowest BCUT2D eigenvalue weighted by Crippen LogP contribution is -2.45. The first kappa shape index (κ1) is 14.4. The number of rotatable bonds is 6. The van der Waals surface area contributed by atoms with E-state index in [1.807, 2.05) is 13.8 Å². The van der Waals surface area contributed by atoms with Crippen LogP contribution < -0.4 is 5.32 Å². The Bertz CT molecular complexity index is 318. The van der Waals surface area contributed by atoms with Crippen LogP contribution >= 0.6 is 24.0 Å². The number of carboxylic acids is 1. The van der Waals surface area contributed by atoms with Gasteiger partial charge in [-0.25, -0.2) is 0 Å². The molecule has 0 spiro atoms. The summed E-state index contributed by atoms with van der Waals surface area (Å²) < 4.78 is 0.510. The van der Waals surface area contributed by atoms with Crippen molar-refractivity contribution in [1.82, 2.24) is 10.2 Å². The molecule has 96 valence electrons. The largest absolute Gasteiger partial charge is 0.480 e. The summed E-state index contributed by atoms with van der Waals surface area (Å²) in [6.45, 7) is 4.09. The summed E-state index contributed by atoms with van der Waals surface area (Å²) in [5, 5.41) is 11.9. The summed E-state index contributed by atoms with van der Waals surface area (Å²) in [4.78, 5) is 23.8. The highest BCUT2D eigenvalue weighted by Crippen LogP contribution is 2.18. The fourth-order valence-corrected chi connectivity index (χ4v) is 2.55. The molecule has 1 fully saturated rings. The molecule has 0 aromatic heterocycles. The Hall–Kier alpha value is -0.660. The maximum absolute atomic E-state index is 11.4. The summed E-state index contributed by atoms with van der Waals surface area (Å²) >= 11 is 6.31. The number of hydrogen-bond acceptors (Lipinski definition) is 5. The molecule has 1 rings (SSSR count). The number of carboxylic acid groups (broad SMARTS) is 1. The molecule has 0 aromatic rings. The summed E-state index contributed by atoms with van der Waals surface area (Å²) in [5.74, 6) is -0.341. The number of nitrogens with one attached hydrogen (secondary N) is 1. The summed E-state index contributed by atoms with van der Waals surface area (Å²) in [7, 11) is 0. The van der Waals surface area contributed by atoms with Crippen molar-refractivity contribution in [3.63, 3.8) is 0 Å². The zero-order valence-corrected chi connectivity index (χ0v) is 11.4. The first-order valence-corrected chi connectivity index (χ1v) is 6.74. The van der Waals surface area contributed by atoms with E-state index in [0.29, 0.717) is 16.5 Å². The van der Waals surface area contributed by atoms with Gasteiger partial charge >= 0.3 is 5.97 Å². The van der Waals surface area contributed by atoms with Crippen LogP contribution in [0.25, 0.3) is 0 Å². The number of aliphatic carboxylic acids is 1. The summed E-state index contributed by atoms with van der Waals surface area (Å²) in [5.41, 5.74) is 0. The molecule has 1 amide bonds. The second-order valence-electron chi connectivity index (χ2n) is 4.26. The lowest BCUT2D eigenvalue weighted by Gasteiger charge is -2.21. The first-order valence-electron chi connectivity index (χ1n) is 5.35. The zero-order chi connectivity index (χ0) is 13.0. The van der Waals surface area contributed by atoms with Crippen LogP contribution in [-0.2, 0) is 9.59 Å². The molecule has 5 nitrogen and oxygen atoms in total. The van der Waals surface area contributed by atoms with Crippen LogP contribution in [0.2, 0.25) is 0 Å². The second-order valence-corrected chi connectivity index (χ2v) is 5.87. The monoisotopic (exact) mass is 276 g/mol. The van der Waals surface area contributed by atoms with Crippen LogP contribution in [-0.4, -0.2) is 44.7 Å². The van der Waals surface area contributed by atoms with Gasteiger partial charge in [0.1, 0.15) is 10.4 Å². The van der Waals surface area contributed by atoms with E-state index in [-0.39, 0.29) is 18.5 Å². The third kappa shape index (κ3) is 4.25. The van der Waals surface area contributed by atoms with Crippen molar-refractivity contribution in [3.05, 3.63) is 0 Å². The fraction of sp³-hybridized carbons (Fsp3) is 0.700.